The van der Waals surface area contributed by atoms with Gasteiger partial charge in [-0.05, 0) is 37.6 Å². The molecular weight excluding hydrogens is 193 g/mol. The largest absolute Gasteiger partial charge is 0.497 e. The third-order valence-corrected chi connectivity index (χ3v) is 2.38. The van der Waals surface area contributed by atoms with Crippen LogP contribution in [0.4, 0.5) is 4.39 Å². The van der Waals surface area contributed by atoms with Crippen molar-refractivity contribution < 1.29 is 9.13 Å². The van der Waals surface area contributed by atoms with E-state index in [2.05, 4.69) is 12.2 Å². The Balaban J connectivity index is 2.46. The van der Waals surface area contributed by atoms with Gasteiger partial charge in [-0.15, -0.1) is 0 Å². The lowest BCUT2D eigenvalue weighted by Gasteiger charge is -2.13. The van der Waals surface area contributed by atoms with E-state index in [9.17, 15) is 4.39 Å². The molecule has 84 valence electrons. The molecule has 1 N–H and O–H groups in total. The molecule has 0 fully saturated rings. The minimum absolute atomic E-state index is 0.252. The van der Waals surface area contributed by atoms with Gasteiger partial charge in [0, 0.05) is 6.04 Å². The number of ether oxygens (including phenoxy) is 1. The number of halogens is 1. The lowest BCUT2D eigenvalue weighted by atomic mass is 10.1. The molecule has 0 unspecified atom stereocenters. The first-order valence-corrected chi connectivity index (χ1v) is 5.21. The molecule has 1 rings (SSSR count). The van der Waals surface area contributed by atoms with Crippen LogP contribution in [0.15, 0.2) is 24.3 Å². The summed E-state index contributed by atoms with van der Waals surface area (Å²) in [5.41, 5.74) is 1.19. The predicted octanol–water partition coefficient (Wildman–Crippen LogP) is 2.71. The van der Waals surface area contributed by atoms with E-state index in [4.69, 9.17) is 4.74 Å². The Bertz CT molecular complexity index is 273. The Hall–Kier alpha value is -1.09. The van der Waals surface area contributed by atoms with Crippen LogP contribution in [0, 0.1) is 0 Å². The zero-order valence-electron chi connectivity index (χ0n) is 9.29. The summed E-state index contributed by atoms with van der Waals surface area (Å²) in [6.45, 7) is 2.52. The van der Waals surface area contributed by atoms with Crippen molar-refractivity contribution in [3.05, 3.63) is 29.8 Å². The zero-order chi connectivity index (χ0) is 11.1. The fourth-order valence-electron chi connectivity index (χ4n) is 1.40. The van der Waals surface area contributed by atoms with E-state index in [1.54, 1.807) is 7.11 Å². The van der Waals surface area contributed by atoms with Crippen molar-refractivity contribution in [2.75, 3.05) is 20.3 Å². The van der Waals surface area contributed by atoms with E-state index in [-0.39, 0.29) is 12.7 Å². The predicted molar refractivity (Wildman–Crippen MR) is 60.0 cm³/mol. The Morgan fingerprint density at radius 2 is 2.00 bits per heavy atom. The van der Waals surface area contributed by atoms with Crippen LogP contribution >= 0.6 is 0 Å². The minimum atomic E-state index is -0.262. The van der Waals surface area contributed by atoms with E-state index in [0.29, 0.717) is 13.0 Å². The van der Waals surface area contributed by atoms with E-state index >= 15 is 0 Å². The molecule has 15 heavy (non-hydrogen) atoms. The Labute approximate surface area is 90.4 Å². The summed E-state index contributed by atoms with van der Waals surface area (Å²) in [7, 11) is 1.65. The second kappa shape index (κ2) is 6.40. The standard InChI is InChI=1S/C12H18FNO/c1-10(14-9-3-8-13)11-4-6-12(15-2)7-5-11/h4-7,10,14H,3,8-9H2,1-2H3/t10-/m1/s1. The number of methoxy groups -OCH3 is 1. The topological polar surface area (TPSA) is 21.3 Å². The van der Waals surface area contributed by atoms with Crippen LogP contribution in [0.1, 0.15) is 24.9 Å². The molecule has 0 aliphatic carbocycles. The highest BCUT2D eigenvalue weighted by Crippen LogP contribution is 2.16. The Kier molecular flexibility index (Phi) is 5.12. The molecule has 1 atom stereocenters. The fraction of sp³-hybridized carbons (Fsp3) is 0.500. The van der Waals surface area contributed by atoms with Gasteiger partial charge in [0.15, 0.2) is 0 Å². The molecule has 0 heterocycles. The maximum absolute atomic E-state index is 11.9. The molecule has 0 bridgehead atoms. The third kappa shape index (κ3) is 3.88. The first-order valence-electron chi connectivity index (χ1n) is 5.21. The summed E-state index contributed by atoms with van der Waals surface area (Å²) in [6, 6.07) is 8.16. The average Bonchev–Trinajstić information content (AvgIpc) is 2.29. The van der Waals surface area contributed by atoms with Gasteiger partial charge in [0.2, 0.25) is 0 Å². The SMILES string of the molecule is COc1ccc([C@@H](C)NCCCF)cc1. The van der Waals surface area contributed by atoms with Crippen LogP contribution in [-0.4, -0.2) is 20.3 Å². The second-order valence-corrected chi connectivity index (χ2v) is 3.49. The van der Waals surface area contributed by atoms with Gasteiger partial charge in [0.05, 0.1) is 13.8 Å². The van der Waals surface area contributed by atoms with Crippen LogP contribution in [0.2, 0.25) is 0 Å². The summed E-state index contributed by atoms with van der Waals surface area (Å²) in [6.07, 6.45) is 0.570. The van der Waals surface area contributed by atoms with Crippen molar-refractivity contribution in [3.8, 4) is 5.75 Å². The monoisotopic (exact) mass is 211 g/mol. The molecule has 0 spiro atoms. The quantitative estimate of drug-likeness (QED) is 0.730. The maximum Gasteiger partial charge on any atom is 0.118 e. The van der Waals surface area contributed by atoms with Crippen LogP contribution in [-0.2, 0) is 0 Å². The van der Waals surface area contributed by atoms with Gasteiger partial charge in [0.25, 0.3) is 0 Å². The van der Waals surface area contributed by atoms with Crippen LogP contribution in [0.5, 0.6) is 5.75 Å². The van der Waals surface area contributed by atoms with Crippen molar-refractivity contribution in [1.29, 1.82) is 0 Å². The normalized spacial score (nSPS) is 12.5. The highest BCUT2D eigenvalue weighted by molar-refractivity contribution is 5.28. The van der Waals surface area contributed by atoms with Crippen LogP contribution in [0.3, 0.4) is 0 Å². The molecule has 1 aromatic carbocycles. The Morgan fingerprint density at radius 1 is 1.33 bits per heavy atom. The van der Waals surface area contributed by atoms with Crippen molar-refractivity contribution in [2.24, 2.45) is 0 Å². The molecule has 0 saturated heterocycles. The summed E-state index contributed by atoms with van der Waals surface area (Å²) < 4.78 is 17.0. The zero-order valence-corrected chi connectivity index (χ0v) is 9.29. The lowest BCUT2D eigenvalue weighted by molar-refractivity contribution is 0.414. The van der Waals surface area contributed by atoms with Crippen molar-refractivity contribution in [1.82, 2.24) is 5.32 Å². The highest BCUT2D eigenvalue weighted by Gasteiger charge is 2.03. The molecule has 0 aliphatic rings. The average molecular weight is 211 g/mol. The smallest absolute Gasteiger partial charge is 0.118 e. The molecule has 0 radical (unpaired) electrons. The van der Waals surface area contributed by atoms with Gasteiger partial charge in [-0.3, -0.25) is 4.39 Å². The summed E-state index contributed by atoms with van der Waals surface area (Å²) >= 11 is 0. The first-order chi connectivity index (χ1) is 7.27. The van der Waals surface area contributed by atoms with Gasteiger partial charge in [-0.2, -0.15) is 0 Å². The molecule has 0 saturated carbocycles. The van der Waals surface area contributed by atoms with Gasteiger partial charge >= 0.3 is 0 Å². The van der Waals surface area contributed by atoms with Gasteiger partial charge in [0.1, 0.15) is 5.75 Å². The summed E-state index contributed by atoms with van der Waals surface area (Å²) in [5.74, 6) is 0.856. The molecule has 0 aliphatic heterocycles. The van der Waals surface area contributed by atoms with E-state index in [1.807, 2.05) is 24.3 Å². The molecule has 2 nitrogen and oxygen atoms in total. The number of nitrogens with one attached hydrogen (secondary N) is 1. The molecular formula is C12H18FNO. The van der Waals surface area contributed by atoms with Gasteiger partial charge in [-0.1, -0.05) is 12.1 Å². The molecule has 1 aromatic rings. The number of alkyl halides is 1. The molecule has 3 heteroatoms. The molecule has 0 aromatic heterocycles. The second-order valence-electron chi connectivity index (χ2n) is 3.49. The lowest BCUT2D eigenvalue weighted by Crippen LogP contribution is -2.20. The number of benzene rings is 1. The van der Waals surface area contributed by atoms with Crippen molar-refractivity contribution in [3.63, 3.8) is 0 Å². The highest BCUT2D eigenvalue weighted by atomic mass is 19.1. The number of hydrogen-bond donors (Lipinski definition) is 1. The summed E-state index contributed by atoms with van der Waals surface area (Å²) in [4.78, 5) is 0. The van der Waals surface area contributed by atoms with Crippen LogP contribution in [0.25, 0.3) is 0 Å². The minimum Gasteiger partial charge on any atom is -0.497 e. The molecule has 0 amide bonds. The van der Waals surface area contributed by atoms with Gasteiger partial charge < -0.3 is 10.1 Å². The maximum atomic E-state index is 11.9. The third-order valence-electron chi connectivity index (χ3n) is 2.38. The number of hydrogen-bond acceptors (Lipinski definition) is 2. The van der Waals surface area contributed by atoms with Crippen molar-refractivity contribution >= 4 is 0 Å². The summed E-state index contributed by atoms with van der Waals surface area (Å²) in [5, 5.41) is 3.26. The fourth-order valence-corrected chi connectivity index (χ4v) is 1.40. The van der Waals surface area contributed by atoms with E-state index in [0.717, 1.165) is 5.75 Å². The van der Waals surface area contributed by atoms with Crippen molar-refractivity contribution in [2.45, 2.75) is 19.4 Å². The van der Waals surface area contributed by atoms with Gasteiger partial charge in [-0.25, -0.2) is 0 Å². The Morgan fingerprint density at radius 3 is 2.53 bits per heavy atom. The van der Waals surface area contributed by atoms with E-state index in [1.165, 1.54) is 5.56 Å². The first kappa shape index (κ1) is 12.0. The number of rotatable bonds is 6. The van der Waals surface area contributed by atoms with E-state index < -0.39 is 0 Å². The van der Waals surface area contributed by atoms with Crippen LogP contribution < -0.4 is 10.1 Å².